The fourth-order valence-corrected chi connectivity index (χ4v) is 1.60. The minimum Gasteiger partial charge on any atom is -0.303 e. The molecule has 0 aromatic heterocycles. The lowest BCUT2D eigenvalue weighted by atomic mass is 10.1. The van der Waals surface area contributed by atoms with Gasteiger partial charge < -0.3 is 4.79 Å². The summed E-state index contributed by atoms with van der Waals surface area (Å²) < 4.78 is 0. The maximum atomic E-state index is 10.3. The van der Waals surface area contributed by atoms with Crippen molar-refractivity contribution in [3.8, 4) is 0 Å². The highest BCUT2D eigenvalue weighted by molar-refractivity contribution is 5.66. The Kier molecular flexibility index (Phi) is 4.81. The average Bonchev–Trinajstić information content (AvgIpc) is 2.90. The molecule has 1 rings (SSSR count). The second-order valence-electron chi connectivity index (χ2n) is 3.93. The van der Waals surface area contributed by atoms with Gasteiger partial charge in [0, 0.05) is 5.92 Å². The molecule has 0 bridgehead atoms. The zero-order valence-electron chi connectivity index (χ0n) is 8.59. The molecule has 0 radical (unpaired) electrons. The molecule has 0 aliphatic heterocycles. The van der Waals surface area contributed by atoms with Gasteiger partial charge in [0.1, 0.15) is 6.29 Å². The van der Waals surface area contributed by atoms with Gasteiger partial charge in [0.15, 0.2) is 0 Å². The van der Waals surface area contributed by atoms with Crippen LogP contribution < -0.4 is 0 Å². The number of carbonyl (C=O) groups excluding carboxylic acids is 1. The lowest BCUT2D eigenvalue weighted by Crippen LogP contribution is -1.76. The SMILES string of the molecule is CCCCCCC/C=C1\CC1C=O. The molecule has 1 fully saturated rings. The molecule has 0 N–H and O–H groups in total. The quantitative estimate of drug-likeness (QED) is 0.333. The number of hydrogen-bond donors (Lipinski definition) is 0. The summed E-state index contributed by atoms with van der Waals surface area (Å²) in [4.78, 5) is 10.3. The van der Waals surface area contributed by atoms with Crippen LogP contribution in [0.15, 0.2) is 11.6 Å². The second-order valence-corrected chi connectivity index (χ2v) is 3.93. The Hall–Kier alpha value is -0.590. The first kappa shape index (κ1) is 10.5. The van der Waals surface area contributed by atoms with Gasteiger partial charge in [-0.3, -0.25) is 0 Å². The number of hydrogen-bond acceptors (Lipinski definition) is 1. The lowest BCUT2D eigenvalue weighted by molar-refractivity contribution is -0.108. The molecule has 0 amide bonds. The van der Waals surface area contributed by atoms with Gasteiger partial charge >= 0.3 is 0 Å². The van der Waals surface area contributed by atoms with Crippen molar-refractivity contribution in [2.75, 3.05) is 0 Å². The Morgan fingerprint density at radius 2 is 2.08 bits per heavy atom. The van der Waals surface area contributed by atoms with Crippen LogP contribution in [0, 0.1) is 5.92 Å². The molecule has 0 aromatic rings. The van der Waals surface area contributed by atoms with Crippen molar-refractivity contribution in [3.63, 3.8) is 0 Å². The van der Waals surface area contributed by atoms with Crippen LogP contribution in [0.5, 0.6) is 0 Å². The van der Waals surface area contributed by atoms with E-state index in [1.54, 1.807) is 0 Å². The topological polar surface area (TPSA) is 17.1 Å². The van der Waals surface area contributed by atoms with E-state index >= 15 is 0 Å². The second kappa shape index (κ2) is 5.95. The monoisotopic (exact) mass is 180 g/mol. The van der Waals surface area contributed by atoms with Crippen LogP contribution in [0.25, 0.3) is 0 Å². The Labute approximate surface area is 81.2 Å². The fraction of sp³-hybridized carbons (Fsp3) is 0.750. The largest absolute Gasteiger partial charge is 0.303 e. The minimum atomic E-state index is 0.302. The fourth-order valence-electron chi connectivity index (χ4n) is 1.60. The van der Waals surface area contributed by atoms with E-state index in [-0.39, 0.29) is 0 Å². The van der Waals surface area contributed by atoms with Crippen LogP contribution in [0.3, 0.4) is 0 Å². The van der Waals surface area contributed by atoms with Crippen molar-refractivity contribution in [1.29, 1.82) is 0 Å². The molecule has 0 saturated heterocycles. The van der Waals surface area contributed by atoms with Crippen LogP contribution in [0.1, 0.15) is 51.9 Å². The van der Waals surface area contributed by atoms with E-state index < -0.39 is 0 Å². The normalized spacial score (nSPS) is 23.5. The summed E-state index contributed by atoms with van der Waals surface area (Å²) >= 11 is 0. The maximum absolute atomic E-state index is 10.3. The van der Waals surface area contributed by atoms with E-state index in [4.69, 9.17) is 0 Å². The van der Waals surface area contributed by atoms with Crippen LogP contribution in [-0.4, -0.2) is 6.29 Å². The predicted molar refractivity (Wildman–Crippen MR) is 55.6 cm³/mol. The third kappa shape index (κ3) is 4.25. The van der Waals surface area contributed by atoms with Gasteiger partial charge in [-0.1, -0.05) is 44.3 Å². The summed E-state index contributed by atoms with van der Waals surface area (Å²) in [6.07, 6.45) is 12.3. The molecular formula is C12H20O. The van der Waals surface area contributed by atoms with Crippen molar-refractivity contribution in [1.82, 2.24) is 0 Å². The molecule has 0 heterocycles. The van der Waals surface area contributed by atoms with E-state index in [0.717, 1.165) is 12.7 Å². The lowest BCUT2D eigenvalue weighted by Gasteiger charge is -1.95. The molecule has 1 atom stereocenters. The first-order chi connectivity index (χ1) is 6.38. The first-order valence-corrected chi connectivity index (χ1v) is 5.52. The molecular weight excluding hydrogens is 160 g/mol. The van der Waals surface area contributed by atoms with Crippen molar-refractivity contribution in [3.05, 3.63) is 11.6 Å². The summed E-state index contributed by atoms with van der Waals surface area (Å²) in [5, 5.41) is 0. The summed E-state index contributed by atoms with van der Waals surface area (Å²) in [6, 6.07) is 0. The summed E-state index contributed by atoms with van der Waals surface area (Å²) in [5.41, 5.74) is 1.38. The zero-order chi connectivity index (χ0) is 9.52. The molecule has 13 heavy (non-hydrogen) atoms. The molecule has 74 valence electrons. The minimum absolute atomic E-state index is 0.302. The van der Waals surface area contributed by atoms with Crippen molar-refractivity contribution in [2.45, 2.75) is 51.9 Å². The van der Waals surface area contributed by atoms with Gasteiger partial charge in [0.25, 0.3) is 0 Å². The number of aldehydes is 1. The van der Waals surface area contributed by atoms with Gasteiger partial charge in [-0.05, 0) is 19.3 Å². The molecule has 1 saturated carbocycles. The highest BCUT2D eigenvalue weighted by Crippen LogP contribution is 2.35. The first-order valence-electron chi connectivity index (χ1n) is 5.52. The predicted octanol–water partition coefficient (Wildman–Crippen LogP) is 3.49. The van der Waals surface area contributed by atoms with Crippen molar-refractivity contribution in [2.24, 2.45) is 5.92 Å². The summed E-state index contributed by atoms with van der Waals surface area (Å²) in [6.45, 7) is 2.24. The number of carbonyl (C=O) groups is 1. The molecule has 0 spiro atoms. The van der Waals surface area contributed by atoms with Gasteiger partial charge in [-0.2, -0.15) is 0 Å². The summed E-state index contributed by atoms with van der Waals surface area (Å²) in [7, 11) is 0. The van der Waals surface area contributed by atoms with Crippen molar-refractivity contribution >= 4 is 6.29 Å². The van der Waals surface area contributed by atoms with E-state index in [1.807, 2.05) is 0 Å². The Morgan fingerprint density at radius 1 is 1.31 bits per heavy atom. The van der Waals surface area contributed by atoms with Gasteiger partial charge in [0.2, 0.25) is 0 Å². The van der Waals surface area contributed by atoms with Crippen LogP contribution >= 0.6 is 0 Å². The van der Waals surface area contributed by atoms with E-state index in [2.05, 4.69) is 13.0 Å². The third-order valence-electron chi connectivity index (χ3n) is 2.65. The number of unbranched alkanes of at least 4 members (excludes halogenated alkanes) is 5. The Morgan fingerprint density at radius 3 is 2.69 bits per heavy atom. The maximum Gasteiger partial charge on any atom is 0.127 e. The van der Waals surface area contributed by atoms with Crippen LogP contribution in [0.4, 0.5) is 0 Å². The van der Waals surface area contributed by atoms with E-state index in [0.29, 0.717) is 5.92 Å². The standard InChI is InChI=1S/C12H20O/c1-2-3-4-5-6-7-8-11-9-12(11)10-13/h8,10,12H,2-7,9H2,1H3/b11-8+. The van der Waals surface area contributed by atoms with Crippen LogP contribution in [-0.2, 0) is 4.79 Å². The van der Waals surface area contributed by atoms with Crippen molar-refractivity contribution < 1.29 is 4.79 Å². The number of allylic oxidation sites excluding steroid dienone is 2. The zero-order valence-corrected chi connectivity index (χ0v) is 8.59. The molecule has 1 nitrogen and oxygen atoms in total. The molecule has 1 heteroatoms. The smallest absolute Gasteiger partial charge is 0.127 e. The number of rotatable bonds is 7. The molecule has 0 aromatic carbocycles. The van der Waals surface area contributed by atoms with E-state index in [9.17, 15) is 4.79 Å². The van der Waals surface area contributed by atoms with E-state index in [1.165, 1.54) is 44.1 Å². The van der Waals surface area contributed by atoms with Gasteiger partial charge in [0.05, 0.1) is 0 Å². The molecule has 1 unspecified atom stereocenters. The van der Waals surface area contributed by atoms with Gasteiger partial charge in [-0.15, -0.1) is 0 Å². The summed E-state index contributed by atoms with van der Waals surface area (Å²) in [5.74, 6) is 0.302. The highest BCUT2D eigenvalue weighted by atomic mass is 16.1. The molecule has 1 aliphatic rings. The third-order valence-corrected chi connectivity index (χ3v) is 2.65. The molecule has 1 aliphatic carbocycles. The highest BCUT2D eigenvalue weighted by Gasteiger charge is 2.27. The Balaban J connectivity index is 1.90. The Bertz CT molecular complexity index is 182. The van der Waals surface area contributed by atoms with Crippen LogP contribution in [0.2, 0.25) is 0 Å². The average molecular weight is 180 g/mol. The van der Waals surface area contributed by atoms with Gasteiger partial charge in [-0.25, -0.2) is 0 Å².